The maximum atomic E-state index is 13.3. The molecule has 1 atom stereocenters. The fraction of sp³-hybridized carbons (Fsp3) is 0.182. The summed E-state index contributed by atoms with van der Waals surface area (Å²) in [6.07, 6.45) is -1.53. The summed E-state index contributed by atoms with van der Waals surface area (Å²) in [5, 5.41) is 9.71. The SMILES string of the molecule is COC(=O)C(O)c1cc2c(F)cccc2o1. The average Bonchev–Trinajstić information content (AvgIpc) is 2.72. The van der Waals surface area contributed by atoms with Gasteiger partial charge in [-0.25, -0.2) is 9.18 Å². The summed E-state index contributed by atoms with van der Waals surface area (Å²) in [7, 11) is 1.15. The molecule has 0 amide bonds. The quantitative estimate of drug-likeness (QED) is 0.790. The number of ether oxygens (including phenoxy) is 1. The fourth-order valence-electron chi connectivity index (χ4n) is 1.41. The van der Waals surface area contributed by atoms with Gasteiger partial charge in [-0.2, -0.15) is 0 Å². The molecule has 0 radical (unpaired) electrons. The Morgan fingerprint density at radius 1 is 1.56 bits per heavy atom. The van der Waals surface area contributed by atoms with E-state index in [0.29, 0.717) is 0 Å². The predicted molar refractivity (Wildman–Crippen MR) is 53.1 cm³/mol. The predicted octanol–water partition coefficient (Wildman–Crippen LogP) is 1.78. The van der Waals surface area contributed by atoms with E-state index in [2.05, 4.69) is 4.74 Å². The van der Waals surface area contributed by atoms with Crippen molar-refractivity contribution in [3.8, 4) is 0 Å². The highest BCUT2D eigenvalue weighted by Crippen LogP contribution is 2.26. The smallest absolute Gasteiger partial charge is 0.342 e. The number of fused-ring (bicyclic) bond motifs is 1. The number of aliphatic hydroxyl groups excluding tert-OH is 1. The molecule has 1 unspecified atom stereocenters. The number of carbonyl (C=O) groups is 1. The van der Waals surface area contributed by atoms with Crippen LogP contribution in [0.15, 0.2) is 28.7 Å². The van der Waals surface area contributed by atoms with E-state index < -0.39 is 17.9 Å². The first-order valence-electron chi connectivity index (χ1n) is 4.57. The van der Waals surface area contributed by atoms with Crippen LogP contribution in [0.2, 0.25) is 0 Å². The van der Waals surface area contributed by atoms with Crippen LogP contribution in [0.25, 0.3) is 11.0 Å². The molecular formula is C11H9FO4. The van der Waals surface area contributed by atoms with Gasteiger partial charge in [0, 0.05) is 0 Å². The fourth-order valence-corrected chi connectivity index (χ4v) is 1.41. The number of rotatable bonds is 2. The van der Waals surface area contributed by atoms with Gasteiger partial charge in [0.1, 0.15) is 17.2 Å². The van der Waals surface area contributed by atoms with E-state index in [9.17, 15) is 14.3 Å². The van der Waals surface area contributed by atoms with Crippen LogP contribution in [-0.2, 0) is 9.53 Å². The lowest BCUT2D eigenvalue weighted by molar-refractivity contribution is -0.151. The highest BCUT2D eigenvalue weighted by molar-refractivity contribution is 5.82. The molecule has 1 N–H and O–H groups in total. The molecule has 1 aromatic carbocycles. The van der Waals surface area contributed by atoms with E-state index in [1.807, 2.05) is 0 Å². The van der Waals surface area contributed by atoms with Gasteiger partial charge in [-0.3, -0.25) is 0 Å². The molecular weight excluding hydrogens is 215 g/mol. The Balaban J connectivity index is 2.47. The summed E-state index contributed by atoms with van der Waals surface area (Å²) >= 11 is 0. The third-order valence-corrected chi connectivity index (χ3v) is 2.22. The number of methoxy groups -OCH3 is 1. The lowest BCUT2D eigenvalue weighted by atomic mass is 10.2. The van der Waals surface area contributed by atoms with Gasteiger partial charge in [0.2, 0.25) is 6.10 Å². The molecule has 4 nitrogen and oxygen atoms in total. The Morgan fingerprint density at radius 3 is 2.94 bits per heavy atom. The van der Waals surface area contributed by atoms with Crippen molar-refractivity contribution in [1.82, 2.24) is 0 Å². The summed E-state index contributed by atoms with van der Waals surface area (Å²) in [6, 6.07) is 5.58. The molecule has 0 saturated heterocycles. The Kier molecular flexibility index (Phi) is 2.62. The van der Waals surface area contributed by atoms with Crippen molar-refractivity contribution in [1.29, 1.82) is 0 Å². The van der Waals surface area contributed by atoms with Gasteiger partial charge < -0.3 is 14.3 Å². The number of esters is 1. The van der Waals surface area contributed by atoms with Crippen molar-refractivity contribution in [2.45, 2.75) is 6.10 Å². The lowest BCUT2D eigenvalue weighted by Crippen LogP contribution is -2.12. The summed E-state index contributed by atoms with van der Waals surface area (Å²) in [4.78, 5) is 11.0. The summed E-state index contributed by atoms with van der Waals surface area (Å²) in [5.74, 6) is -1.35. The minimum atomic E-state index is -1.53. The average molecular weight is 224 g/mol. The van der Waals surface area contributed by atoms with Crippen LogP contribution in [-0.4, -0.2) is 18.2 Å². The standard InChI is InChI=1S/C11H9FO4/c1-15-11(14)10(13)9-5-6-7(12)3-2-4-8(6)16-9/h2-5,10,13H,1H3. The minimum Gasteiger partial charge on any atom is -0.467 e. The van der Waals surface area contributed by atoms with Crippen LogP contribution in [0.1, 0.15) is 11.9 Å². The molecule has 0 aliphatic carbocycles. The Labute approximate surface area is 90.2 Å². The van der Waals surface area contributed by atoms with Gasteiger partial charge in [-0.1, -0.05) is 6.07 Å². The molecule has 0 fully saturated rings. The van der Waals surface area contributed by atoms with E-state index >= 15 is 0 Å². The number of benzene rings is 1. The molecule has 84 valence electrons. The molecule has 0 saturated carbocycles. The largest absolute Gasteiger partial charge is 0.467 e. The Bertz CT molecular complexity index is 532. The zero-order valence-electron chi connectivity index (χ0n) is 8.44. The molecule has 0 bridgehead atoms. The Morgan fingerprint density at radius 2 is 2.31 bits per heavy atom. The van der Waals surface area contributed by atoms with Gasteiger partial charge in [0.05, 0.1) is 12.5 Å². The number of carbonyl (C=O) groups excluding carboxylic acids is 1. The summed E-state index contributed by atoms with van der Waals surface area (Å²) < 4.78 is 22.8. The second-order valence-electron chi connectivity index (χ2n) is 3.23. The molecule has 1 heterocycles. The first-order chi connectivity index (χ1) is 7.63. The zero-order valence-corrected chi connectivity index (χ0v) is 8.44. The van der Waals surface area contributed by atoms with E-state index in [1.54, 1.807) is 6.07 Å². The summed E-state index contributed by atoms with van der Waals surface area (Å²) in [6.45, 7) is 0. The molecule has 0 aliphatic heterocycles. The van der Waals surface area contributed by atoms with E-state index in [-0.39, 0.29) is 16.7 Å². The number of furan rings is 1. The number of aliphatic hydroxyl groups is 1. The number of hydrogen-bond acceptors (Lipinski definition) is 4. The van der Waals surface area contributed by atoms with E-state index in [0.717, 1.165) is 7.11 Å². The van der Waals surface area contributed by atoms with Crippen molar-refractivity contribution >= 4 is 16.9 Å². The van der Waals surface area contributed by atoms with Crippen molar-refractivity contribution in [3.05, 3.63) is 35.8 Å². The molecule has 5 heteroatoms. The van der Waals surface area contributed by atoms with Crippen LogP contribution >= 0.6 is 0 Å². The zero-order chi connectivity index (χ0) is 11.7. The maximum absolute atomic E-state index is 13.3. The van der Waals surface area contributed by atoms with E-state index in [4.69, 9.17) is 4.42 Å². The van der Waals surface area contributed by atoms with Crippen LogP contribution in [0.4, 0.5) is 4.39 Å². The minimum absolute atomic E-state index is 0.0352. The molecule has 0 aliphatic rings. The van der Waals surface area contributed by atoms with Crippen molar-refractivity contribution in [3.63, 3.8) is 0 Å². The van der Waals surface area contributed by atoms with Crippen LogP contribution < -0.4 is 0 Å². The normalized spacial score (nSPS) is 12.7. The van der Waals surface area contributed by atoms with Crippen molar-refractivity contribution < 1.29 is 23.4 Å². The number of hydrogen-bond donors (Lipinski definition) is 1. The molecule has 0 spiro atoms. The highest BCUT2D eigenvalue weighted by Gasteiger charge is 2.22. The topological polar surface area (TPSA) is 59.7 Å². The highest BCUT2D eigenvalue weighted by atomic mass is 19.1. The van der Waals surface area contributed by atoms with Crippen LogP contribution in [0, 0.1) is 5.82 Å². The summed E-state index contributed by atoms with van der Waals surface area (Å²) in [5.41, 5.74) is 0.276. The number of halogens is 1. The van der Waals surface area contributed by atoms with E-state index in [1.165, 1.54) is 18.2 Å². The molecule has 16 heavy (non-hydrogen) atoms. The van der Waals surface area contributed by atoms with Crippen molar-refractivity contribution in [2.75, 3.05) is 7.11 Å². The molecule has 2 aromatic rings. The second kappa shape index (κ2) is 3.94. The van der Waals surface area contributed by atoms with Gasteiger partial charge in [0.25, 0.3) is 0 Å². The van der Waals surface area contributed by atoms with Gasteiger partial charge >= 0.3 is 5.97 Å². The first-order valence-corrected chi connectivity index (χ1v) is 4.57. The van der Waals surface area contributed by atoms with Crippen LogP contribution in [0.3, 0.4) is 0 Å². The Hall–Kier alpha value is -1.88. The maximum Gasteiger partial charge on any atom is 0.342 e. The lowest BCUT2D eigenvalue weighted by Gasteiger charge is -2.03. The molecule has 2 rings (SSSR count). The second-order valence-corrected chi connectivity index (χ2v) is 3.23. The monoisotopic (exact) mass is 224 g/mol. The van der Waals surface area contributed by atoms with Gasteiger partial charge in [-0.05, 0) is 18.2 Å². The third-order valence-electron chi connectivity index (χ3n) is 2.22. The van der Waals surface area contributed by atoms with Gasteiger partial charge in [0.15, 0.2) is 0 Å². The third kappa shape index (κ3) is 1.65. The first kappa shape index (κ1) is 10.6. The van der Waals surface area contributed by atoms with Crippen molar-refractivity contribution in [2.24, 2.45) is 0 Å². The van der Waals surface area contributed by atoms with Crippen LogP contribution in [0.5, 0.6) is 0 Å². The van der Waals surface area contributed by atoms with Gasteiger partial charge in [-0.15, -0.1) is 0 Å². The molecule has 1 aromatic heterocycles.